The molecule has 1 aliphatic carbocycles. The largest absolute Gasteiger partial charge is 0.452 e. The van der Waals surface area contributed by atoms with Gasteiger partial charge in [0.25, 0.3) is 0 Å². The number of allylic oxidation sites excluding steroid dienone is 2. The molecule has 0 saturated carbocycles. The summed E-state index contributed by atoms with van der Waals surface area (Å²) in [6, 6.07) is 0. The lowest BCUT2D eigenvalue weighted by Gasteiger charge is -2.27. The Balaban J connectivity index is 2.65. The number of ketones is 1. The van der Waals surface area contributed by atoms with Gasteiger partial charge in [0.1, 0.15) is 0 Å². The lowest BCUT2D eigenvalue weighted by Crippen LogP contribution is -2.40. The summed E-state index contributed by atoms with van der Waals surface area (Å²) in [4.78, 5) is 23.6. The zero-order valence-electron chi connectivity index (χ0n) is 13.0. The van der Waals surface area contributed by atoms with Crippen molar-refractivity contribution in [3.8, 4) is 0 Å². The Morgan fingerprint density at radius 2 is 1.65 bits per heavy atom. The van der Waals surface area contributed by atoms with E-state index in [0.29, 0.717) is 12.8 Å². The van der Waals surface area contributed by atoms with Crippen LogP contribution >= 0.6 is 0 Å². The van der Waals surface area contributed by atoms with Gasteiger partial charge in [0.15, 0.2) is 11.4 Å². The zero-order chi connectivity index (χ0) is 14.8. The molecule has 3 heteroatoms. The number of rotatable bonds is 1. The second kappa shape index (κ2) is 8.93. The molecule has 0 aromatic heterocycles. The molecule has 0 aromatic carbocycles. The monoisotopic (exact) mass is 280 g/mol. The maximum absolute atomic E-state index is 12.3. The molecule has 0 amide bonds. The van der Waals surface area contributed by atoms with E-state index in [1.54, 1.807) is 6.92 Å². The fraction of sp³-hybridized carbons (Fsp3) is 0.765. The van der Waals surface area contributed by atoms with Crippen molar-refractivity contribution in [2.24, 2.45) is 0 Å². The lowest BCUT2D eigenvalue weighted by molar-refractivity contribution is -0.164. The predicted molar refractivity (Wildman–Crippen MR) is 80.5 cm³/mol. The van der Waals surface area contributed by atoms with E-state index in [9.17, 15) is 9.59 Å². The van der Waals surface area contributed by atoms with Crippen LogP contribution in [0, 0.1) is 0 Å². The molecule has 0 aliphatic heterocycles. The van der Waals surface area contributed by atoms with Crippen LogP contribution in [0.1, 0.15) is 78.1 Å². The number of esters is 1. The fourth-order valence-corrected chi connectivity index (χ4v) is 2.70. The van der Waals surface area contributed by atoms with Crippen LogP contribution in [-0.2, 0) is 14.3 Å². The smallest absolute Gasteiger partial charge is 0.303 e. The summed E-state index contributed by atoms with van der Waals surface area (Å²) in [6.07, 6.45) is 14.2. The zero-order valence-corrected chi connectivity index (χ0v) is 13.0. The minimum atomic E-state index is -0.927. The molecule has 0 saturated heterocycles. The standard InChI is InChI=1S/C17H28O3/c1-15(18)20-17(2)14-12-10-8-6-4-3-5-7-9-11-13-16(17)19/h6,8H,3-5,7,9-14H2,1-2H3. The van der Waals surface area contributed by atoms with Gasteiger partial charge < -0.3 is 4.74 Å². The molecule has 0 fully saturated rings. The average Bonchev–Trinajstić information content (AvgIpc) is 2.38. The van der Waals surface area contributed by atoms with Gasteiger partial charge in [-0.25, -0.2) is 0 Å². The summed E-state index contributed by atoms with van der Waals surface area (Å²) < 4.78 is 5.34. The molecule has 0 radical (unpaired) electrons. The van der Waals surface area contributed by atoms with Crippen molar-refractivity contribution in [1.29, 1.82) is 0 Å². The van der Waals surface area contributed by atoms with E-state index < -0.39 is 5.60 Å². The Morgan fingerprint density at radius 3 is 2.35 bits per heavy atom. The van der Waals surface area contributed by atoms with Crippen molar-refractivity contribution >= 4 is 11.8 Å². The molecule has 0 aromatic rings. The van der Waals surface area contributed by atoms with E-state index in [1.165, 1.54) is 26.2 Å². The fourth-order valence-electron chi connectivity index (χ4n) is 2.70. The number of hydrogen-bond acceptors (Lipinski definition) is 3. The van der Waals surface area contributed by atoms with Crippen LogP contribution in [0.2, 0.25) is 0 Å². The first-order valence-electron chi connectivity index (χ1n) is 7.92. The van der Waals surface area contributed by atoms with E-state index in [-0.39, 0.29) is 11.8 Å². The highest BCUT2D eigenvalue weighted by molar-refractivity contribution is 5.89. The molecule has 20 heavy (non-hydrogen) atoms. The van der Waals surface area contributed by atoms with Crippen LogP contribution < -0.4 is 0 Å². The summed E-state index contributed by atoms with van der Waals surface area (Å²) in [5, 5.41) is 0. The molecule has 114 valence electrons. The Labute approximate surface area is 122 Å². The third kappa shape index (κ3) is 6.36. The first kappa shape index (κ1) is 16.9. The highest BCUT2D eigenvalue weighted by Crippen LogP contribution is 2.24. The Kier molecular flexibility index (Phi) is 7.56. The third-order valence-electron chi connectivity index (χ3n) is 3.92. The molecule has 0 N–H and O–H groups in total. The van der Waals surface area contributed by atoms with E-state index >= 15 is 0 Å². The Morgan fingerprint density at radius 1 is 1.05 bits per heavy atom. The van der Waals surface area contributed by atoms with Crippen LogP contribution in [0.3, 0.4) is 0 Å². The maximum Gasteiger partial charge on any atom is 0.303 e. The number of ether oxygens (including phenoxy) is 1. The van der Waals surface area contributed by atoms with Gasteiger partial charge in [-0.1, -0.05) is 31.4 Å². The molecular formula is C17H28O3. The van der Waals surface area contributed by atoms with Gasteiger partial charge in [-0.3, -0.25) is 9.59 Å². The van der Waals surface area contributed by atoms with Crippen LogP contribution in [0.25, 0.3) is 0 Å². The van der Waals surface area contributed by atoms with Crippen LogP contribution in [0.4, 0.5) is 0 Å². The van der Waals surface area contributed by atoms with Crippen molar-refractivity contribution in [1.82, 2.24) is 0 Å². The minimum Gasteiger partial charge on any atom is -0.452 e. The van der Waals surface area contributed by atoms with Crippen molar-refractivity contribution in [3.63, 3.8) is 0 Å². The number of carbonyl (C=O) groups is 2. The van der Waals surface area contributed by atoms with Gasteiger partial charge in [0, 0.05) is 13.3 Å². The lowest BCUT2D eigenvalue weighted by atomic mass is 9.90. The highest BCUT2D eigenvalue weighted by atomic mass is 16.6. The van der Waals surface area contributed by atoms with Crippen molar-refractivity contribution in [2.45, 2.75) is 83.7 Å². The van der Waals surface area contributed by atoms with E-state index in [1.807, 2.05) is 0 Å². The van der Waals surface area contributed by atoms with Crippen LogP contribution in [-0.4, -0.2) is 17.4 Å². The number of Topliss-reactive ketones (excluding diaryl/α,β-unsaturated/α-hetero) is 1. The topological polar surface area (TPSA) is 43.4 Å². The molecule has 1 unspecified atom stereocenters. The van der Waals surface area contributed by atoms with Crippen LogP contribution in [0.5, 0.6) is 0 Å². The molecule has 1 atom stereocenters. The van der Waals surface area contributed by atoms with E-state index in [4.69, 9.17) is 4.74 Å². The second-order valence-corrected chi connectivity index (χ2v) is 5.92. The quantitative estimate of drug-likeness (QED) is 0.530. The molecule has 0 bridgehead atoms. The molecular weight excluding hydrogens is 252 g/mol. The average molecular weight is 280 g/mol. The molecule has 1 rings (SSSR count). The Hall–Kier alpha value is -1.12. The molecule has 3 nitrogen and oxygen atoms in total. The van der Waals surface area contributed by atoms with Gasteiger partial charge in [0.05, 0.1) is 0 Å². The first-order chi connectivity index (χ1) is 9.54. The van der Waals surface area contributed by atoms with E-state index in [2.05, 4.69) is 12.2 Å². The number of carbonyl (C=O) groups excluding carboxylic acids is 2. The summed E-state index contributed by atoms with van der Waals surface area (Å²) in [5.74, 6) is -0.286. The van der Waals surface area contributed by atoms with Gasteiger partial charge in [-0.05, 0) is 45.4 Å². The van der Waals surface area contributed by atoms with Crippen molar-refractivity contribution in [2.75, 3.05) is 0 Å². The highest BCUT2D eigenvalue weighted by Gasteiger charge is 2.34. The summed E-state index contributed by atoms with van der Waals surface area (Å²) in [6.45, 7) is 3.15. The predicted octanol–water partition coefficient (Wildman–Crippen LogP) is 4.35. The first-order valence-corrected chi connectivity index (χ1v) is 7.92. The summed E-state index contributed by atoms with van der Waals surface area (Å²) >= 11 is 0. The van der Waals surface area contributed by atoms with Gasteiger partial charge >= 0.3 is 5.97 Å². The molecule has 0 spiro atoms. The Bertz CT molecular complexity index is 346. The van der Waals surface area contributed by atoms with Gasteiger partial charge in [-0.15, -0.1) is 0 Å². The summed E-state index contributed by atoms with van der Waals surface area (Å²) in [7, 11) is 0. The van der Waals surface area contributed by atoms with Crippen LogP contribution in [0.15, 0.2) is 12.2 Å². The third-order valence-corrected chi connectivity index (χ3v) is 3.92. The maximum atomic E-state index is 12.3. The summed E-state index contributed by atoms with van der Waals surface area (Å²) in [5.41, 5.74) is -0.927. The SMILES string of the molecule is CC(=O)OC1(C)CCCC=CCCCCCCCC1=O. The molecule has 1 aliphatic rings. The molecule has 0 heterocycles. The second-order valence-electron chi connectivity index (χ2n) is 5.92. The normalized spacial score (nSPS) is 26.8. The van der Waals surface area contributed by atoms with Gasteiger partial charge in [0.2, 0.25) is 0 Å². The van der Waals surface area contributed by atoms with E-state index in [0.717, 1.165) is 32.1 Å². The van der Waals surface area contributed by atoms with Crippen molar-refractivity contribution < 1.29 is 14.3 Å². The van der Waals surface area contributed by atoms with Crippen molar-refractivity contribution in [3.05, 3.63) is 12.2 Å². The minimum absolute atomic E-state index is 0.0775. The number of hydrogen-bond donors (Lipinski definition) is 0. The van der Waals surface area contributed by atoms with Gasteiger partial charge in [-0.2, -0.15) is 0 Å².